The molecular formula is C2H7LiO3S. The second kappa shape index (κ2) is 3.50. The van der Waals surface area contributed by atoms with E-state index in [1.54, 1.807) is 0 Å². The van der Waals surface area contributed by atoms with Gasteiger partial charge in [0.2, 0.25) is 0 Å². The molecule has 0 aliphatic rings. The third-order valence-electron chi connectivity index (χ3n) is 0.365. The first-order valence-electron chi connectivity index (χ1n) is 1.51. The fourth-order valence-electron chi connectivity index (χ4n) is 0. The fraction of sp³-hybridized carbons (Fsp3) is 1.00. The molecular weight excluding hydrogens is 111 g/mol. The van der Waals surface area contributed by atoms with Gasteiger partial charge in [-0.25, -0.2) is 0 Å². The van der Waals surface area contributed by atoms with E-state index in [9.17, 15) is 8.42 Å². The van der Waals surface area contributed by atoms with Crippen LogP contribution in [0.4, 0.5) is 0 Å². The molecule has 0 aliphatic carbocycles. The Kier molecular flexibility index (Phi) is 5.24. The average Bonchev–Trinajstić information content (AvgIpc) is 1.35. The first-order valence-corrected chi connectivity index (χ1v) is 3.12. The van der Waals surface area contributed by atoms with Crippen molar-refractivity contribution in [3.05, 3.63) is 0 Å². The Hall–Kier alpha value is 0.507. The topological polar surface area (TPSA) is 54.4 Å². The van der Waals surface area contributed by atoms with Crippen LogP contribution in [0, 0.1) is 0 Å². The Morgan fingerprint density at radius 2 is 1.86 bits per heavy atom. The van der Waals surface area contributed by atoms with Crippen molar-refractivity contribution in [3.8, 4) is 0 Å². The van der Waals surface area contributed by atoms with Crippen molar-refractivity contribution in [2.24, 2.45) is 0 Å². The molecule has 3 nitrogen and oxygen atoms in total. The number of hydrogen-bond donors (Lipinski definition) is 1. The molecule has 0 saturated heterocycles. The molecule has 0 radical (unpaired) electrons. The molecule has 5 heteroatoms. The maximum Gasteiger partial charge on any atom is 1.00 e. The van der Waals surface area contributed by atoms with Crippen LogP contribution in [0.3, 0.4) is 0 Å². The van der Waals surface area contributed by atoms with Crippen molar-refractivity contribution in [3.63, 3.8) is 0 Å². The van der Waals surface area contributed by atoms with E-state index >= 15 is 0 Å². The van der Waals surface area contributed by atoms with Crippen molar-refractivity contribution in [1.82, 2.24) is 0 Å². The van der Waals surface area contributed by atoms with E-state index in [1.807, 2.05) is 0 Å². The molecule has 0 bridgehead atoms. The molecule has 0 aromatic heterocycles. The summed E-state index contributed by atoms with van der Waals surface area (Å²) in [6.45, 7) is 1.37. The molecule has 0 fully saturated rings. The van der Waals surface area contributed by atoms with Gasteiger partial charge >= 0.3 is 18.9 Å². The van der Waals surface area contributed by atoms with Gasteiger partial charge in [-0.2, -0.15) is 8.42 Å². The van der Waals surface area contributed by atoms with Gasteiger partial charge < -0.3 is 1.43 Å². The van der Waals surface area contributed by atoms with Crippen LogP contribution < -0.4 is 18.9 Å². The summed E-state index contributed by atoms with van der Waals surface area (Å²) in [6, 6.07) is 0. The van der Waals surface area contributed by atoms with Gasteiger partial charge in [-0.3, -0.25) is 4.55 Å². The van der Waals surface area contributed by atoms with Gasteiger partial charge in [0.15, 0.2) is 0 Å². The first kappa shape index (κ1) is 10.5. The summed E-state index contributed by atoms with van der Waals surface area (Å²) in [5, 5.41) is 0. The molecule has 0 saturated carbocycles. The maximum absolute atomic E-state index is 9.56. The van der Waals surface area contributed by atoms with Crippen molar-refractivity contribution >= 4 is 10.1 Å². The van der Waals surface area contributed by atoms with Crippen LogP contribution in [-0.4, -0.2) is 18.7 Å². The van der Waals surface area contributed by atoms with Crippen LogP contribution in [-0.2, 0) is 10.1 Å². The Morgan fingerprint density at radius 1 is 1.71 bits per heavy atom. The van der Waals surface area contributed by atoms with E-state index in [2.05, 4.69) is 0 Å². The van der Waals surface area contributed by atoms with Crippen molar-refractivity contribution in [2.45, 2.75) is 6.92 Å². The van der Waals surface area contributed by atoms with E-state index < -0.39 is 10.1 Å². The standard InChI is InChI=1S/C2H6O3S.Li.H/c1-2-6(3,4)5;;/h2H2,1H3,(H,3,4,5);;/q;+1;-1. The Bertz CT molecular complexity index is 119. The summed E-state index contributed by atoms with van der Waals surface area (Å²) in [7, 11) is -3.66. The second-order valence-corrected chi connectivity index (χ2v) is 2.61. The van der Waals surface area contributed by atoms with Gasteiger partial charge in [0.05, 0.1) is 5.75 Å². The zero-order valence-corrected chi connectivity index (χ0v) is 5.20. The smallest absolute Gasteiger partial charge is 1.00 e. The van der Waals surface area contributed by atoms with E-state index in [1.165, 1.54) is 6.92 Å². The number of rotatable bonds is 1. The molecule has 0 aromatic carbocycles. The predicted molar refractivity (Wildman–Crippen MR) is 23.2 cm³/mol. The summed E-state index contributed by atoms with van der Waals surface area (Å²) in [6.07, 6.45) is 0. The van der Waals surface area contributed by atoms with Gasteiger partial charge in [0.1, 0.15) is 0 Å². The molecule has 1 N–H and O–H groups in total. The summed E-state index contributed by atoms with van der Waals surface area (Å²) in [5.41, 5.74) is 0. The van der Waals surface area contributed by atoms with Crippen molar-refractivity contribution in [1.29, 1.82) is 0 Å². The molecule has 0 atom stereocenters. The minimum atomic E-state index is -3.66. The quantitative estimate of drug-likeness (QED) is 0.295. The van der Waals surface area contributed by atoms with Crippen molar-refractivity contribution < 1.29 is 33.3 Å². The molecule has 0 unspecified atom stereocenters. The van der Waals surface area contributed by atoms with Crippen LogP contribution >= 0.6 is 0 Å². The summed E-state index contributed by atoms with van der Waals surface area (Å²) < 4.78 is 26.9. The van der Waals surface area contributed by atoms with Gasteiger partial charge in [0, 0.05) is 0 Å². The van der Waals surface area contributed by atoms with Crippen LogP contribution in [0.2, 0.25) is 0 Å². The van der Waals surface area contributed by atoms with Gasteiger partial charge in [-0.15, -0.1) is 0 Å². The van der Waals surface area contributed by atoms with Crippen LogP contribution in [0.15, 0.2) is 0 Å². The predicted octanol–water partition coefficient (Wildman–Crippen LogP) is -2.99. The third-order valence-corrected chi connectivity index (χ3v) is 1.09. The molecule has 0 amide bonds. The maximum atomic E-state index is 9.56. The van der Waals surface area contributed by atoms with Gasteiger partial charge in [-0.1, -0.05) is 0 Å². The molecule has 0 spiro atoms. The summed E-state index contributed by atoms with van der Waals surface area (Å²) >= 11 is 0. The van der Waals surface area contributed by atoms with E-state index in [-0.39, 0.29) is 26.0 Å². The van der Waals surface area contributed by atoms with Crippen molar-refractivity contribution in [2.75, 3.05) is 5.75 Å². The summed E-state index contributed by atoms with van der Waals surface area (Å²) in [5.74, 6) is -0.201. The van der Waals surface area contributed by atoms with E-state index in [4.69, 9.17) is 4.55 Å². The third kappa shape index (κ3) is 10.7. The minimum absolute atomic E-state index is 0. The molecule has 7 heavy (non-hydrogen) atoms. The minimum Gasteiger partial charge on any atom is -1.00 e. The molecule has 0 heterocycles. The molecule has 0 aliphatic heterocycles. The SMILES string of the molecule is CCS(=O)(=O)O.[H-].[Li+]. The average molecular weight is 118 g/mol. The molecule has 40 valence electrons. The molecule has 0 aromatic rings. The Labute approximate surface area is 56.5 Å². The molecule has 0 rings (SSSR count). The van der Waals surface area contributed by atoms with Crippen LogP contribution in [0.25, 0.3) is 0 Å². The largest absolute Gasteiger partial charge is 1.00 e. The zero-order chi connectivity index (χ0) is 5.21. The summed E-state index contributed by atoms with van der Waals surface area (Å²) in [4.78, 5) is 0. The Morgan fingerprint density at radius 3 is 1.86 bits per heavy atom. The van der Waals surface area contributed by atoms with Gasteiger partial charge in [-0.05, 0) is 6.92 Å². The second-order valence-electron chi connectivity index (χ2n) is 0.871. The Balaban J connectivity index is -0.000000125. The zero-order valence-electron chi connectivity index (χ0n) is 5.38. The normalized spacial score (nSPS) is 10.0. The monoisotopic (exact) mass is 118 g/mol. The van der Waals surface area contributed by atoms with Gasteiger partial charge in [0.25, 0.3) is 10.1 Å². The fourth-order valence-corrected chi connectivity index (χ4v) is 0. The van der Waals surface area contributed by atoms with Crippen LogP contribution in [0.5, 0.6) is 0 Å². The van der Waals surface area contributed by atoms with E-state index in [0.717, 1.165) is 0 Å². The number of hydrogen-bond acceptors (Lipinski definition) is 2. The van der Waals surface area contributed by atoms with E-state index in [0.29, 0.717) is 0 Å². The first-order chi connectivity index (χ1) is 2.56. The van der Waals surface area contributed by atoms with Crippen LogP contribution in [0.1, 0.15) is 8.35 Å².